The van der Waals surface area contributed by atoms with E-state index < -0.39 is 17.7 Å². The molecule has 0 radical (unpaired) electrons. The predicted octanol–water partition coefficient (Wildman–Crippen LogP) is 4.53. The Bertz CT molecular complexity index is 851. The van der Waals surface area contributed by atoms with Crippen molar-refractivity contribution in [2.24, 2.45) is 0 Å². The molecule has 0 saturated carbocycles. The lowest BCUT2D eigenvalue weighted by molar-refractivity contribution is -0.218. The lowest BCUT2D eigenvalue weighted by Crippen LogP contribution is -2.46. The van der Waals surface area contributed by atoms with Crippen LogP contribution in [0.5, 0.6) is 11.5 Å². The molecule has 0 aromatic heterocycles. The highest BCUT2D eigenvalue weighted by molar-refractivity contribution is 5.73. The highest BCUT2D eigenvalue weighted by Gasteiger charge is 2.35. The zero-order valence-corrected chi connectivity index (χ0v) is 16.5. The van der Waals surface area contributed by atoms with Gasteiger partial charge in [-0.05, 0) is 51.0 Å². The van der Waals surface area contributed by atoms with Gasteiger partial charge in [0, 0.05) is 22.9 Å². The molecule has 3 rings (SSSR count). The molecular weight excluding hydrogens is 363 g/mol. The molecule has 0 saturated heterocycles. The molecule has 150 valence electrons. The van der Waals surface area contributed by atoms with Crippen LogP contribution in [0.2, 0.25) is 0 Å². The van der Waals surface area contributed by atoms with Crippen molar-refractivity contribution in [2.45, 2.75) is 52.4 Å². The lowest BCUT2D eigenvalue weighted by atomic mass is 10.0. The van der Waals surface area contributed by atoms with Gasteiger partial charge in [-0.25, -0.2) is 4.79 Å². The van der Waals surface area contributed by atoms with Crippen molar-refractivity contribution in [3.8, 4) is 11.5 Å². The molecule has 1 amide bonds. The van der Waals surface area contributed by atoms with E-state index >= 15 is 0 Å². The van der Waals surface area contributed by atoms with Crippen LogP contribution in [0.25, 0.3) is 0 Å². The number of aliphatic hydroxyl groups is 1. The van der Waals surface area contributed by atoms with Crippen LogP contribution in [0.4, 0.5) is 9.28 Å². The molecular formula is C21H25FN2O4. The monoisotopic (exact) mass is 388 g/mol. The number of aliphatic hydroxyl groups excluding tert-OH is 1. The normalized spacial score (nSPS) is 16.4. The minimum Gasteiger partial charge on any atom is -0.406 e. The summed E-state index contributed by atoms with van der Waals surface area (Å²) in [6, 6.07) is 12.1. The summed E-state index contributed by atoms with van der Waals surface area (Å²) in [5.74, 6) is 0.231. The molecule has 28 heavy (non-hydrogen) atoms. The number of ether oxygens (including phenoxy) is 1. The predicted molar refractivity (Wildman–Crippen MR) is 102 cm³/mol. The summed E-state index contributed by atoms with van der Waals surface area (Å²) < 4.78 is 19.5. The Morgan fingerprint density at radius 3 is 2.54 bits per heavy atom. The Balaban J connectivity index is 1.90. The fourth-order valence-electron chi connectivity index (χ4n) is 3.02. The van der Waals surface area contributed by atoms with Gasteiger partial charge in [-0.1, -0.05) is 34.8 Å². The molecule has 1 unspecified atom stereocenters. The summed E-state index contributed by atoms with van der Waals surface area (Å²) in [5.41, 5.74) is 1.48. The zero-order chi connectivity index (χ0) is 20.5. The van der Waals surface area contributed by atoms with E-state index in [4.69, 9.17) is 9.57 Å². The van der Waals surface area contributed by atoms with E-state index in [1.165, 1.54) is 6.07 Å². The van der Waals surface area contributed by atoms with E-state index in [2.05, 4.69) is 0 Å². The van der Waals surface area contributed by atoms with Crippen LogP contribution in [0, 0.1) is 0 Å². The van der Waals surface area contributed by atoms with Gasteiger partial charge in [0.1, 0.15) is 6.04 Å². The first-order valence-corrected chi connectivity index (χ1v) is 9.14. The van der Waals surface area contributed by atoms with Gasteiger partial charge in [0.05, 0.1) is 6.61 Å². The highest BCUT2D eigenvalue weighted by atomic mass is 19.2. The van der Waals surface area contributed by atoms with Crippen molar-refractivity contribution in [1.29, 1.82) is 0 Å². The maximum absolute atomic E-state index is 13.9. The second-order valence-corrected chi connectivity index (χ2v) is 7.82. The molecule has 1 aliphatic heterocycles. The Morgan fingerprint density at radius 2 is 1.93 bits per heavy atom. The average Bonchev–Trinajstić information content (AvgIpc) is 2.94. The van der Waals surface area contributed by atoms with Gasteiger partial charge in [-0.3, -0.25) is 4.90 Å². The molecule has 1 heterocycles. The average molecular weight is 388 g/mol. The fraction of sp³-hybridized carbons (Fsp3) is 0.381. The van der Waals surface area contributed by atoms with Crippen LogP contribution in [-0.4, -0.2) is 26.9 Å². The molecule has 2 aromatic rings. The standard InChI is InChI=1S/C21H25FN2O4/c1-14-17-10-16(13-25)11-18(19(17)28-24(14)22)27-20(26)23(21(2,3)4)12-15-8-6-5-7-9-15/h5-11,14,25H,12-13H2,1-4H3. The number of hydroxylamine groups is 1. The van der Waals surface area contributed by atoms with Crippen molar-refractivity contribution < 1.29 is 24.0 Å². The van der Waals surface area contributed by atoms with Gasteiger partial charge in [0.25, 0.3) is 0 Å². The van der Waals surface area contributed by atoms with Crippen molar-refractivity contribution in [2.75, 3.05) is 0 Å². The lowest BCUT2D eigenvalue weighted by Gasteiger charge is -2.34. The summed E-state index contributed by atoms with van der Waals surface area (Å²) in [6.45, 7) is 7.45. The van der Waals surface area contributed by atoms with Crippen molar-refractivity contribution in [1.82, 2.24) is 10.2 Å². The SMILES string of the molecule is CC1c2cc(CO)cc(OC(=O)N(Cc3ccccc3)C(C)(C)C)c2ON1F. The fourth-order valence-corrected chi connectivity index (χ4v) is 3.02. The molecule has 0 aliphatic carbocycles. The molecule has 0 bridgehead atoms. The second kappa shape index (κ2) is 7.77. The van der Waals surface area contributed by atoms with E-state index in [9.17, 15) is 14.4 Å². The molecule has 6 nitrogen and oxygen atoms in total. The second-order valence-electron chi connectivity index (χ2n) is 7.82. The third-order valence-electron chi connectivity index (χ3n) is 4.67. The van der Waals surface area contributed by atoms with Crippen LogP contribution in [0.15, 0.2) is 42.5 Å². The third kappa shape index (κ3) is 4.10. The molecule has 7 heteroatoms. The maximum Gasteiger partial charge on any atom is 0.416 e. The van der Waals surface area contributed by atoms with Crippen LogP contribution >= 0.6 is 0 Å². The number of carbonyl (C=O) groups excluding carboxylic acids is 1. The largest absolute Gasteiger partial charge is 0.416 e. The number of amides is 1. The van der Waals surface area contributed by atoms with Gasteiger partial charge in [-0.15, -0.1) is 0 Å². The first-order valence-electron chi connectivity index (χ1n) is 9.14. The Morgan fingerprint density at radius 1 is 1.25 bits per heavy atom. The Kier molecular flexibility index (Phi) is 5.58. The van der Waals surface area contributed by atoms with E-state index in [-0.39, 0.29) is 23.4 Å². The first-order chi connectivity index (χ1) is 13.2. The summed E-state index contributed by atoms with van der Waals surface area (Å²) in [5, 5.41) is 9.72. The molecule has 0 spiro atoms. The van der Waals surface area contributed by atoms with E-state index in [1.54, 1.807) is 17.9 Å². The Labute approximate surface area is 164 Å². The number of halogens is 1. The first kappa shape index (κ1) is 20.1. The summed E-state index contributed by atoms with van der Waals surface area (Å²) >= 11 is 0. The smallest absolute Gasteiger partial charge is 0.406 e. The molecule has 0 fully saturated rings. The van der Waals surface area contributed by atoms with Gasteiger partial charge in [0.2, 0.25) is 0 Å². The number of benzene rings is 2. The highest BCUT2D eigenvalue weighted by Crippen LogP contribution is 2.45. The van der Waals surface area contributed by atoms with Crippen LogP contribution in [-0.2, 0) is 13.2 Å². The maximum atomic E-state index is 13.9. The van der Waals surface area contributed by atoms with E-state index in [0.717, 1.165) is 5.56 Å². The Hall–Kier alpha value is -2.64. The molecule has 1 N–H and O–H groups in total. The van der Waals surface area contributed by atoms with Gasteiger partial charge in [-0.2, -0.15) is 0 Å². The van der Waals surface area contributed by atoms with Crippen molar-refractivity contribution in [3.05, 3.63) is 59.2 Å². The van der Waals surface area contributed by atoms with E-state index in [1.807, 2.05) is 51.1 Å². The van der Waals surface area contributed by atoms with Crippen molar-refractivity contribution >= 4 is 6.09 Å². The van der Waals surface area contributed by atoms with Gasteiger partial charge in [0.15, 0.2) is 11.5 Å². The number of rotatable bonds is 4. The number of fused-ring (bicyclic) bond motifs is 1. The molecule has 1 aliphatic rings. The number of nitrogens with zero attached hydrogens (tertiary/aromatic N) is 2. The van der Waals surface area contributed by atoms with E-state index in [0.29, 0.717) is 17.7 Å². The minimum atomic E-state index is -0.665. The van der Waals surface area contributed by atoms with Gasteiger partial charge < -0.3 is 14.7 Å². The molecule has 1 atom stereocenters. The topological polar surface area (TPSA) is 62.2 Å². The number of hydrogen-bond donors (Lipinski definition) is 1. The van der Waals surface area contributed by atoms with Crippen LogP contribution in [0.3, 0.4) is 0 Å². The molecule has 2 aromatic carbocycles. The number of carbonyl (C=O) groups is 1. The van der Waals surface area contributed by atoms with Crippen molar-refractivity contribution in [3.63, 3.8) is 0 Å². The zero-order valence-electron chi connectivity index (χ0n) is 16.5. The van der Waals surface area contributed by atoms with Crippen LogP contribution in [0.1, 0.15) is 50.4 Å². The quantitative estimate of drug-likeness (QED) is 0.780. The summed E-state index contributed by atoms with van der Waals surface area (Å²) in [7, 11) is 0. The summed E-state index contributed by atoms with van der Waals surface area (Å²) in [6.07, 6.45) is -0.581. The number of hydrogen-bond acceptors (Lipinski definition) is 5. The van der Waals surface area contributed by atoms with Crippen LogP contribution < -0.4 is 9.57 Å². The summed E-state index contributed by atoms with van der Waals surface area (Å²) in [4.78, 5) is 19.7. The third-order valence-corrected chi connectivity index (χ3v) is 4.67. The minimum absolute atomic E-state index is 0.0841. The van der Waals surface area contributed by atoms with Gasteiger partial charge >= 0.3 is 6.09 Å².